The Labute approximate surface area is 104 Å². The van der Waals surface area contributed by atoms with Crippen LogP contribution in [0.15, 0.2) is 54.9 Å². The highest BCUT2D eigenvalue weighted by Crippen LogP contribution is 2.20. The number of hydrogen-bond acceptors (Lipinski definition) is 4. The second-order valence-corrected chi connectivity index (χ2v) is 4.01. The third-order valence-corrected chi connectivity index (χ3v) is 2.68. The lowest BCUT2D eigenvalue weighted by Crippen LogP contribution is -1.93. The fourth-order valence-corrected chi connectivity index (χ4v) is 1.80. The van der Waals surface area contributed by atoms with Gasteiger partial charge in [-0.3, -0.25) is 4.98 Å². The highest BCUT2D eigenvalue weighted by atomic mass is 14.9. The van der Waals surface area contributed by atoms with Crippen LogP contribution in [0.5, 0.6) is 0 Å². The molecule has 0 aliphatic carbocycles. The monoisotopic (exact) mass is 236 g/mol. The first kappa shape index (κ1) is 10.5. The van der Waals surface area contributed by atoms with Crippen molar-refractivity contribution in [1.82, 2.24) is 9.97 Å². The number of anilines is 3. The minimum atomic E-state index is 0.517. The Morgan fingerprint density at radius 2 is 1.83 bits per heavy atom. The van der Waals surface area contributed by atoms with Crippen LogP contribution < -0.4 is 11.1 Å². The van der Waals surface area contributed by atoms with Gasteiger partial charge in [0.1, 0.15) is 5.82 Å². The Bertz CT molecular complexity index is 677. The molecular formula is C14H12N4. The van der Waals surface area contributed by atoms with Crippen molar-refractivity contribution in [1.29, 1.82) is 0 Å². The third-order valence-electron chi connectivity index (χ3n) is 2.68. The predicted octanol–water partition coefficient (Wildman–Crippen LogP) is 2.96. The van der Waals surface area contributed by atoms with Crippen molar-refractivity contribution in [2.75, 3.05) is 11.1 Å². The first-order valence-electron chi connectivity index (χ1n) is 5.65. The van der Waals surface area contributed by atoms with Crippen LogP contribution in [0.3, 0.4) is 0 Å². The van der Waals surface area contributed by atoms with Crippen molar-refractivity contribution in [3.05, 3.63) is 54.9 Å². The first-order valence-corrected chi connectivity index (χ1v) is 5.65. The molecule has 4 nitrogen and oxygen atoms in total. The van der Waals surface area contributed by atoms with Gasteiger partial charge in [-0.15, -0.1) is 0 Å². The lowest BCUT2D eigenvalue weighted by Gasteiger charge is -2.07. The van der Waals surface area contributed by atoms with Crippen LogP contribution in [0, 0.1) is 0 Å². The lowest BCUT2D eigenvalue weighted by atomic mass is 10.2. The molecule has 88 valence electrons. The Hall–Kier alpha value is -2.62. The smallest absolute Gasteiger partial charge is 0.123 e. The normalized spacial score (nSPS) is 10.4. The molecule has 0 aliphatic heterocycles. The molecule has 3 rings (SSSR count). The summed E-state index contributed by atoms with van der Waals surface area (Å²) in [6.07, 6.45) is 3.50. The third kappa shape index (κ3) is 2.08. The van der Waals surface area contributed by atoms with Crippen molar-refractivity contribution in [3.63, 3.8) is 0 Å². The molecule has 3 aromatic rings. The molecule has 4 heteroatoms. The summed E-state index contributed by atoms with van der Waals surface area (Å²) in [5.41, 5.74) is 8.44. The van der Waals surface area contributed by atoms with E-state index < -0.39 is 0 Å². The summed E-state index contributed by atoms with van der Waals surface area (Å²) in [7, 11) is 0. The highest BCUT2D eigenvalue weighted by Gasteiger charge is 1.98. The van der Waals surface area contributed by atoms with Gasteiger partial charge < -0.3 is 11.1 Å². The maximum Gasteiger partial charge on any atom is 0.123 e. The standard InChI is InChI=1S/C14H12N4/c15-14-6-4-12(9-17-14)18-11-3-5-13-10(8-11)2-1-7-16-13/h1-9,18H,(H2,15,17). The number of pyridine rings is 2. The molecule has 3 N–H and O–H groups in total. The Balaban J connectivity index is 1.92. The molecule has 0 atom stereocenters. The summed E-state index contributed by atoms with van der Waals surface area (Å²) in [6.45, 7) is 0. The maximum absolute atomic E-state index is 5.55. The van der Waals surface area contributed by atoms with E-state index in [4.69, 9.17) is 5.73 Å². The van der Waals surface area contributed by atoms with Gasteiger partial charge in [0.05, 0.1) is 17.4 Å². The molecule has 0 radical (unpaired) electrons. The molecule has 0 fully saturated rings. The van der Waals surface area contributed by atoms with Gasteiger partial charge >= 0.3 is 0 Å². The van der Waals surface area contributed by atoms with Crippen molar-refractivity contribution >= 4 is 28.1 Å². The van der Waals surface area contributed by atoms with Gasteiger partial charge in [0, 0.05) is 17.3 Å². The lowest BCUT2D eigenvalue weighted by molar-refractivity contribution is 1.33. The minimum absolute atomic E-state index is 0.517. The van der Waals surface area contributed by atoms with E-state index in [9.17, 15) is 0 Å². The maximum atomic E-state index is 5.55. The molecule has 0 spiro atoms. The van der Waals surface area contributed by atoms with E-state index in [-0.39, 0.29) is 0 Å². The summed E-state index contributed by atoms with van der Waals surface area (Å²) in [5, 5.41) is 4.38. The number of aromatic nitrogens is 2. The van der Waals surface area contributed by atoms with Gasteiger partial charge in [0.15, 0.2) is 0 Å². The number of nitrogens with two attached hydrogens (primary N) is 1. The number of hydrogen-bond donors (Lipinski definition) is 2. The first-order chi connectivity index (χ1) is 8.81. The number of benzene rings is 1. The molecule has 0 saturated heterocycles. The number of nitrogen functional groups attached to an aromatic ring is 1. The molecule has 0 saturated carbocycles. The Morgan fingerprint density at radius 3 is 2.67 bits per heavy atom. The average molecular weight is 236 g/mol. The van der Waals surface area contributed by atoms with Gasteiger partial charge in [0.2, 0.25) is 0 Å². The number of fused-ring (bicyclic) bond motifs is 1. The van der Waals surface area contributed by atoms with Gasteiger partial charge in [-0.25, -0.2) is 4.98 Å². The quantitative estimate of drug-likeness (QED) is 0.718. The Kier molecular flexibility index (Phi) is 2.53. The van der Waals surface area contributed by atoms with E-state index in [0.29, 0.717) is 5.82 Å². The van der Waals surface area contributed by atoms with Crippen LogP contribution in [0.2, 0.25) is 0 Å². The van der Waals surface area contributed by atoms with Crippen molar-refractivity contribution in [2.45, 2.75) is 0 Å². The molecule has 2 aromatic heterocycles. The average Bonchev–Trinajstić information content (AvgIpc) is 2.41. The summed E-state index contributed by atoms with van der Waals surface area (Å²) in [6, 6.07) is 13.7. The SMILES string of the molecule is Nc1ccc(Nc2ccc3ncccc3c2)cn1. The molecule has 0 aliphatic rings. The fourth-order valence-electron chi connectivity index (χ4n) is 1.80. The van der Waals surface area contributed by atoms with Crippen LogP contribution in [0.1, 0.15) is 0 Å². The van der Waals surface area contributed by atoms with E-state index in [2.05, 4.69) is 21.4 Å². The van der Waals surface area contributed by atoms with Crippen LogP contribution in [0.4, 0.5) is 17.2 Å². The van der Waals surface area contributed by atoms with Crippen LogP contribution in [-0.2, 0) is 0 Å². The molecule has 2 heterocycles. The molecule has 18 heavy (non-hydrogen) atoms. The van der Waals surface area contributed by atoms with Crippen LogP contribution in [-0.4, -0.2) is 9.97 Å². The molecular weight excluding hydrogens is 224 g/mol. The predicted molar refractivity (Wildman–Crippen MR) is 73.7 cm³/mol. The van der Waals surface area contributed by atoms with E-state index >= 15 is 0 Å². The topological polar surface area (TPSA) is 63.8 Å². The Morgan fingerprint density at radius 1 is 0.944 bits per heavy atom. The van der Waals surface area contributed by atoms with Crippen molar-refractivity contribution in [3.8, 4) is 0 Å². The van der Waals surface area contributed by atoms with Crippen LogP contribution in [0.25, 0.3) is 10.9 Å². The van der Waals surface area contributed by atoms with E-state index in [1.165, 1.54) is 0 Å². The summed E-state index contributed by atoms with van der Waals surface area (Å²) < 4.78 is 0. The summed E-state index contributed by atoms with van der Waals surface area (Å²) in [5.74, 6) is 0.517. The zero-order valence-electron chi connectivity index (χ0n) is 9.67. The number of nitrogens with zero attached hydrogens (tertiary/aromatic N) is 2. The second kappa shape index (κ2) is 4.33. The van der Waals surface area contributed by atoms with Gasteiger partial charge in [-0.2, -0.15) is 0 Å². The van der Waals surface area contributed by atoms with Crippen molar-refractivity contribution < 1.29 is 0 Å². The number of nitrogens with one attached hydrogen (secondary N) is 1. The largest absolute Gasteiger partial charge is 0.384 e. The summed E-state index contributed by atoms with van der Waals surface area (Å²) in [4.78, 5) is 8.32. The zero-order chi connectivity index (χ0) is 12.4. The zero-order valence-corrected chi connectivity index (χ0v) is 9.67. The fraction of sp³-hybridized carbons (Fsp3) is 0. The number of rotatable bonds is 2. The minimum Gasteiger partial charge on any atom is -0.384 e. The molecule has 1 aromatic carbocycles. The molecule has 0 bridgehead atoms. The van der Waals surface area contributed by atoms with E-state index in [1.807, 2.05) is 30.3 Å². The molecule has 0 amide bonds. The second-order valence-electron chi connectivity index (χ2n) is 4.01. The summed E-state index contributed by atoms with van der Waals surface area (Å²) >= 11 is 0. The van der Waals surface area contributed by atoms with E-state index in [0.717, 1.165) is 22.3 Å². The molecule has 0 unspecified atom stereocenters. The van der Waals surface area contributed by atoms with Gasteiger partial charge in [0.25, 0.3) is 0 Å². The van der Waals surface area contributed by atoms with Gasteiger partial charge in [-0.1, -0.05) is 6.07 Å². The van der Waals surface area contributed by atoms with E-state index in [1.54, 1.807) is 18.5 Å². The van der Waals surface area contributed by atoms with Gasteiger partial charge in [-0.05, 0) is 36.4 Å². The van der Waals surface area contributed by atoms with Crippen LogP contribution >= 0.6 is 0 Å². The van der Waals surface area contributed by atoms with Crippen molar-refractivity contribution in [2.24, 2.45) is 0 Å². The highest BCUT2D eigenvalue weighted by molar-refractivity contribution is 5.83.